The van der Waals surface area contributed by atoms with Crippen molar-refractivity contribution in [1.82, 2.24) is 0 Å². The molecule has 1 atom stereocenters. The van der Waals surface area contributed by atoms with Gasteiger partial charge < -0.3 is 19.7 Å². The van der Waals surface area contributed by atoms with Crippen LogP contribution in [0.1, 0.15) is 12.0 Å². The van der Waals surface area contributed by atoms with Crippen LogP contribution in [0.25, 0.3) is 0 Å². The fourth-order valence-electron chi connectivity index (χ4n) is 3.25. The van der Waals surface area contributed by atoms with Gasteiger partial charge in [-0.05, 0) is 37.6 Å². The van der Waals surface area contributed by atoms with Gasteiger partial charge in [-0.3, -0.25) is 9.59 Å². The molecule has 2 aromatic rings. The van der Waals surface area contributed by atoms with Crippen molar-refractivity contribution < 1.29 is 19.1 Å². The number of nitrogens with zero attached hydrogens (tertiary/aromatic N) is 1. The number of hydrogen-bond donors (Lipinski definition) is 1. The Morgan fingerprint density at radius 1 is 1.08 bits per heavy atom. The molecule has 0 radical (unpaired) electrons. The van der Waals surface area contributed by atoms with Crippen LogP contribution in [0.4, 0.5) is 11.4 Å². The van der Waals surface area contributed by atoms with Crippen molar-refractivity contribution in [1.29, 1.82) is 0 Å². The van der Waals surface area contributed by atoms with Crippen molar-refractivity contribution >= 4 is 23.2 Å². The van der Waals surface area contributed by atoms with E-state index in [9.17, 15) is 9.59 Å². The molecule has 6 heteroatoms. The zero-order chi connectivity index (χ0) is 18.1. The van der Waals surface area contributed by atoms with E-state index in [1.54, 1.807) is 17.0 Å². The summed E-state index contributed by atoms with van der Waals surface area (Å²) in [4.78, 5) is 26.9. The smallest absolute Gasteiger partial charge is 0.239 e. The summed E-state index contributed by atoms with van der Waals surface area (Å²) in [5.74, 6) is 0.184. The second-order valence-electron chi connectivity index (χ2n) is 6.51. The van der Waals surface area contributed by atoms with E-state index in [1.165, 1.54) is 0 Å². The third-order valence-corrected chi connectivity index (χ3v) is 4.68. The van der Waals surface area contributed by atoms with Crippen LogP contribution in [-0.4, -0.2) is 31.6 Å². The highest BCUT2D eigenvalue weighted by Gasteiger charge is 2.38. The lowest BCUT2D eigenvalue weighted by atomic mass is 10.1. The molecule has 0 saturated carbocycles. The standard InChI is InChI=1S/C20H20N2O4/c1-13-2-4-14(5-3-13)21-19(23)16-8-9-22(20(16)24)15-6-7-17-18(12-15)26-11-10-25-17/h2-7,12,16H,8-11H2,1H3,(H,21,23)/t16-/m0/s1. The Bertz CT molecular complexity index is 847. The first-order chi connectivity index (χ1) is 12.6. The molecule has 0 aliphatic carbocycles. The van der Waals surface area contributed by atoms with Gasteiger partial charge in [0.05, 0.1) is 0 Å². The molecule has 2 aliphatic heterocycles. The molecule has 2 amide bonds. The van der Waals surface area contributed by atoms with Gasteiger partial charge in [0.15, 0.2) is 11.5 Å². The number of carbonyl (C=O) groups excluding carboxylic acids is 2. The summed E-state index contributed by atoms with van der Waals surface area (Å²) in [6, 6.07) is 13.0. The van der Waals surface area contributed by atoms with Crippen molar-refractivity contribution in [3.8, 4) is 11.5 Å². The first kappa shape index (κ1) is 16.4. The summed E-state index contributed by atoms with van der Waals surface area (Å²) in [7, 11) is 0. The van der Waals surface area contributed by atoms with E-state index < -0.39 is 5.92 Å². The van der Waals surface area contributed by atoms with Crippen LogP contribution < -0.4 is 19.7 Å². The molecule has 2 aliphatic rings. The van der Waals surface area contributed by atoms with E-state index in [4.69, 9.17) is 9.47 Å². The zero-order valence-corrected chi connectivity index (χ0v) is 14.5. The van der Waals surface area contributed by atoms with Crippen molar-refractivity contribution in [2.24, 2.45) is 5.92 Å². The topological polar surface area (TPSA) is 67.9 Å². The van der Waals surface area contributed by atoms with Gasteiger partial charge in [-0.1, -0.05) is 17.7 Å². The lowest BCUT2D eigenvalue weighted by Crippen LogP contribution is -2.33. The Hall–Kier alpha value is -3.02. The zero-order valence-electron chi connectivity index (χ0n) is 14.5. The third-order valence-electron chi connectivity index (χ3n) is 4.68. The van der Waals surface area contributed by atoms with E-state index in [0.717, 1.165) is 11.3 Å². The van der Waals surface area contributed by atoms with Gasteiger partial charge in [0.1, 0.15) is 19.1 Å². The number of amides is 2. The quantitative estimate of drug-likeness (QED) is 0.863. The monoisotopic (exact) mass is 352 g/mol. The van der Waals surface area contributed by atoms with Gasteiger partial charge >= 0.3 is 0 Å². The van der Waals surface area contributed by atoms with Crippen LogP contribution >= 0.6 is 0 Å². The fraction of sp³-hybridized carbons (Fsp3) is 0.300. The summed E-state index contributed by atoms with van der Waals surface area (Å²) in [5, 5.41) is 2.83. The molecular formula is C20H20N2O4. The fourth-order valence-corrected chi connectivity index (χ4v) is 3.25. The summed E-state index contributed by atoms with van der Waals surface area (Å²) in [5.41, 5.74) is 2.54. The Balaban J connectivity index is 1.47. The molecule has 0 spiro atoms. The van der Waals surface area contributed by atoms with E-state index >= 15 is 0 Å². The molecule has 0 bridgehead atoms. The van der Waals surface area contributed by atoms with E-state index in [-0.39, 0.29) is 11.8 Å². The molecule has 1 saturated heterocycles. The van der Waals surface area contributed by atoms with Gasteiger partial charge in [-0.2, -0.15) is 0 Å². The summed E-state index contributed by atoms with van der Waals surface area (Å²) in [6.45, 7) is 3.50. The molecule has 2 aromatic carbocycles. The molecular weight excluding hydrogens is 332 g/mol. The maximum Gasteiger partial charge on any atom is 0.239 e. The average Bonchev–Trinajstić information content (AvgIpc) is 3.05. The average molecular weight is 352 g/mol. The Labute approximate surface area is 151 Å². The predicted octanol–water partition coefficient (Wildman–Crippen LogP) is 2.76. The highest BCUT2D eigenvalue weighted by molar-refractivity contribution is 6.13. The molecule has 6 nitrogen and oxygen atoms in total. The molecule has 26 heavy (non-hydrogen) atoms. The van der Waals surface area contributed by atoms with Crippen molar-refractivity contribution in [3.63, 3.8) is 0 Å². The number of aryl methyl sites for hydroxylation is 1. The van der Waals surface area contributed by atoms with Gasteiger partial charge in [0.2, 0.25) is 11.8 Å². The molecule has 134 valence electrons. The highest BCUT2D eigenvalue weighted by atomic mass is 16.6. The van der Waals surface area contributed by atoms with Crippen molar-refractivity contribution in [3.05, 3.63) is 48.0 Å². The number of carbonyl (C=O) groups is 2. The largest absolute Gasteiger partial charge is 0.486 e. The molecule has 2 heterocycles. The molecule has 4 rings (SSSR count). The number of anilines is 2. The first-order valence-electron chi connectivity index (χ1n) is 8.70. The lowest BCUT2D eigenvalue weighted by molar-refractivity contribution is -0.129. The second-order valence-corrected chi connectivity index (χ2v) is 6.51. The van der Waals surface area contributed by atoms with Gasteiger partial charge in [-0.15, -0.1) is 0 Å². The molecule has 0 unspecified atom stereocenters. The number of benzene rings is 2. The van der Waals surface area contributed by atoms with Crippen LogP contribution in [0.15, 0.2) is 42.5 Å². The second kappa shape index (κ2) is 6.71. The minimum atomic E-state index is -0.676. The van der Waals surface area contributed by atoms with E-state index in [0.29, 0.717) is 43.4 Å². The Morgan fingerprint density at radius 2 is 1.81 bits per heavy atom. The van der Waals surface area contributed by atoms with Crippen molar-refractivity contribution in [2.45, 2.75) is 13.3 Å². The number of fused-ring (bicyclic) bond motifs is 1. The predicted molar refractivity (Wildman–Crippen MR) is 97.7 cm³/mol. The summed E-state index contributed by atoms with van der Waals surface area (Å²) >= 11 is 0. The highest BCUT2D eigenvalue weighted by Crippen LogP contribution is 2.36. The molecule has 0 aromatic heterocycles. The van der Waals surface area contributed by atoms with Gasteiger partial charge in [0, 0.05) is 24.0 Å². The normalized spacial score (nSPS) is 18.7. The lowest BCUT2D eigenvalue weighted by Gasteiger charge is -2.22. The van der Waals surface area contributed by atoms with E-state index in [2.05, 4.69) is 5.32 Å². The number of rotatable bonds is 3. The van der Waals surface area contributed by atoms with Crippen LogP contribution in [-0.2, 0) is 9.59 Å². The first-order valence-corrected chi connectivity index (χ1v) is 8.70. The minimum Gasteiger partial charge on any atom is -0.486 e. The maximum atomic E-state index is 12.8. The van der Waals surface area contributed by atoms with E-state index in [1.807, 2.05) is 37.3 Å². The third kappa shape index (κ3) is 3.10. The molecule has 1 fully saturated rings. The van der Waals surface area contributed by atoms with Crippen LogP contribution in [0.3, 0.4) is 0 Å². The molecule has 1 N–H and O–H groups in total. The van der Waals surface area contributed by atoms with Crippen molar-refractivity contribution in [2.75, 3.05) is 30.0 Å². The summed E-state index contributed by atoms with van der Waals surface area (Å²) < 4.78 is 11.1. The van der Waals surface area contributed by atoms with Gasteiger partial charge in [-0.25, -0.2) is 0 Å². The minimum absolute atomic E-state index is 0.189. The number of hydrogen-bond acceptors (Lipinski definition) is 4. The maximum absolute atomic E-state index is 12.8. The summed E-state index contributed by atoms with van der Waals surface area (Å²) in [6.07, 6.45) is 0.491. The SMILES string of the molecule is Cc1ccc(NC(=O)[C@@H]2CCN(c3ccc4c(c3)OCCO4)C2=O)cc1. The van der Waals surface area contributed by atoms with Crippen LogP contribution in [0.5, 0.6) is 11.5 Å². The van der Waals surface area contributed by atoms with Gasteiger partial charge in [0.25, 0.3) is 0 Å². The Morgan fingerprint density at radius 3 is 2.58 bits per heavy atom. The van der Waals surface area contributed by atoms with Crippen LogP contribution in [0, 0.1) is 12.8 Å². The Kier molecular flexibility index (Phi) is 4.24. The number of nitrogens with one attached hydrogen (secondary N) is 1. The van der Waals surface area contributed by atoms with Crippen LogP contribution in [0.2, 0.25) is 0 Å². The number of ether oxygens (including phenoxy) is 2.